The van der Waals surface area contributed by atoms with Gasteiger partial charge in [0.15, 0.2) is 11.9 Å². The molecule has 1 amide bonds. The number of Topliss-reactive ketones (excluding diaryl/α,β-unsaturated/α-hetero) is 1. The van der Waals surface area contributed by atoms with Crippen LogP contribution < -0.4 is 4.74 Å². The van der Waals surface area contributed by atoms with E-state index in [9.17, 15) is 9.59 Å². The Balaban J connectivity index is 1.63. The van der Waals surface area contributed by atoms with E-state index in [1.807, 2.05) is 61.5 Å². The number of aryl methyl sites for hydroxylation is 1. The molecule has 0 radical (unpaired) electrons. The number of aromatic nitrogens is 1. The van der Waals surface area contributed by atoms with Crippen molar-refractivity contribution < 1.29 is 14.3 Å². The van der Waals surface area contributed by atoms with Crippen LogP contribution in [0, 0.1) is 6.92 Å². The van der Waals surface area contributed by atoms with Crippen LogP contribution >= 0.6 is 11.3 Å². The quantitative estimate of drug-likeness (QED) is 0.530. The highest BCUT2D eigenvalue weighted by atomic mass is 32.1. The van der Waals surface area contributed by atoms with Crippen LogP contribution in [0.5, 0.6) is 5.75 Å². The summed E-state index contributed by atoms with van der Waals surface area (Å²) >= 11 is 1.39. The van der Waals surface area contributed by atoms with Gasteiger partial charge in [-0.05, 0) is 43.7 Å². The summed E-state index contributed by atoms with van der Waals surface area (Å²) in [6, 6.07) is 17.3. The molecule has 150 valence electrons. The summed E-state index contributed by atoms with van der Waals surface area (Å²) in [6.07, 6.45) is -0.596. The molecule has 1 heterocycles. The third-order valence-corrected chi connectivity index (χ3v) is 5.82. The summed E-state index contributed by atoms with van der Waals surface area (Å²) in [5.74, 6) is 0.556. The van der Waals surface area contributed by atoms with Gasteiger partial charge in [0.25, 0.3) is 5.91 Å². The van der Waals surface area contributed by atoms with Crippen molar-refractivity contribution in [3.05, 3.63) is 70.7 Å². The van der Waals surface area contributed by atoms with E-state index in [-0.39, 0.29) is 11.7 Å². The SMILES string of the molecule is CC(=O)c1sc(-c2ccc(O[C@H](C)C(=O)N(C)Cc3ccccc3)cc2)nc1C. The van der Waals surface area contributed by atoms with E-state index in [0.717, 1.165) is 21.8 Å². The van der Waals surface area contributed by atoms with Crippen LogP contribution in [0.1, 0.15) is 34.8 Å². The van der Waals surface area contributed by atoms with Crippen molar-refractivity contribution in [2.45, 2.75) is 33.4 Å². The lowest BCUT2D eigenvalue weighted by atomic mass is 10.2. The van der Waals surface area contributed by atoms with Crippen LogP contribution in [0.15, 0.2) is 54.6 Å². The first-order valence-corrected chi connectivity index (χ1v) is 10.2. The molecule has 0 aliphatic rings. The Bertz CT molecular complexity index is 997. The third kappa shape index (κ3) is 5.09. The van der Waals surface area contributed by atoms with Gasteiger partial charge >= 0.3 is 0 Å². The number of amides is 1. The molecule has 1 atom stereocenters. The molecule has 6 heteroatoms. The Morgan fingerprint density at radius 3 is 2.34 bits per heavy atom. The average molecular weight is 409 g/mol. The second kappa shape index (κ2) is 9.01. The zero-order valence-corrected chi connectivity index (χ0v) is 17.8. The molecule has 0 aliphatic carbocycles. The summed E-state index contributed by atoms with van der Waals surface area (Å²) in [6.45, 7) is 5.68. The van der Waals surface area contributed by atoms with Crippen LogP contribution in [0.3, 0.4) is 0 Å². The molecule has 0 saturated heterocycles. The number of benzene rings is 2. The highest BCUT2D eigenvalue weighted by molar-refractivity contribution is 7.17. The van der Waals surface area contributed by atoms with Crippen molar-refractivity contribution in [3.63, 3.8) is 0 Å². The lowest BCUT2D eigenvalue weighted by Gasteiger charge is -2.22. The van der Waals surface area contributed by atoms with Crippen molar-refractivity contribution in [2.24, 2.45) is 0 Å². The molecule has 29 heavy (non-hydrogen) atoms. The summed E-state index contributed by atoms with van der Waals surface area (Å²) in [5, 5.41) is 0.797. The standard InChI is InChI=1S/C23H24N2O3S/c1-15-21(16(2)26)29-22(24-15)19-10-12-20(13-11-19)28-17(3)23(27)25(4)14-18-8-6-5-7-9-18/h5-13,17H,14H2,1-4H3/t17-/m1/s1. The zero-order chi connectivity index (χ0) is 21.0. The molecule has 0 saturated carbocycles. The van der Waals surface area contributed by atoms with Crippen molar-refractivity contribution in [1.82, 2.24) is 9.88 Å². The van der Waals surface area contributed by atoms with E-state index in [1.165, 1.54) is 11.3 Å². The van der Waals surface area contributed by atoms with Crippen LogP contribution in [0.2, 0.25) is 0 Å². The van der Waals surface area contributed by atoms with Crippen molar-refractivity contribution in [2.75, 3.05) is 7.05 Å². The average Bonchev–Trinajstić information content (AvgIpc) is 3.10. The molecule has 5 nitrogen and oxygen atoms in total. The summed E-state index contributed by atoms with van der Waals surface area (Å²) in [4.78, 5) is 31.1. The third-order valence-electron chi connectivity index (χ3n) is 4.52. The first kappa shape index (κ1) is 20.7. The number of likely N-dealkylation sites (N-methyl/N-ethyl adjacent to an activating group) is 1. The van der Waals surface area contributed by atoms with E-state index >= 15 is 0 Å². The largest absolute Gasteiger partial charge is 0.481 e. The van der Waals surface area contributed by atoms with Gasteiger partial charge in [-0.2, -0.15) is 0 Å². The van der Waals surface area contributed by atoms with Gasteiger partial charge in [0.2, 0.25) is 0 Å². The van der Waals surface area contributed by atoms with Crippen LogP contribution in [-0.2, 0) is 11.3 Å². The molecule has 0 aliphatic heterocycles. The number of ketones is 1. The van der Waals surface area contributed by atoms with Crippen molar-refractivity contribution >= 4 is 23.0 Å². The fraction of sp³-hybridized carbons (Fsp3) is 0.261. The van der Waals surface area contributed by atoms with Crippen molar-refractivity contribution in [3.8, 4) is 16.3 Å². The highest BCUT2D eigenvalue weighted by Gasteiger charge is 2.19. The minimum absolute atomic E-state index is 0.0261. The van der Waals surface area contributed by atoms with E-state index in [2.05, 4.69) is 4.98 Å². The van der Waals surface area contributed by atoms with Crippen LogP contribution in [0.25, 0.3) is 10.6 Å². The Hall–Kier alpha value is -2.99. The monoisotopic (exact) mass is 408 g/mol. The van der Waals surface area contributed by atoms with Gasteiger partial charge in [-0.3, -0.25) is 9.59 Å². The number of nitrogens with zero attached hydrogens (tertiary/aromatic N) is 2. The van der Waals surface area contributed by atoms with Gasteiger partial charge in [0, 0.05) is 26.1 Å². The number of carbonyl (C=O) groups is 2. The molecule has 0 unspecified atom stereocenters. The molecule has 0 spiro atoms. The highest BCUT2D eigenvalue weighted by Crippen LogP contribution is 2.29. The van der Waals surface area contributed by atoms with Crippen molar-refractivity contribution in [1.29, 1.82) is 0 Å². The minimum Gasteiger partial charge on any atom is -0.481 e. The Labute approximate surface area is 175 Å². The summed E-state index contributed by atoms with van der Waals surface area (Å²) in [5.41, 5.74) is 2.74. The molecule has 0 bridgehead atoms. The predicted octanol–water partition coefficient (Wildman–Crippen LogP) is 4.75. The number of ether oxygens (including phenoxy) is 1. The van der Waals surface area contributed by atoms with Crippen LogP contribution in [-0.4, -0.2) is 34.7 Å². The van der Waals surface area contributed by atoms with E-state index in [0.29, 0.717) is 17.2 Å². The lowest BCUT2D eigenvalue weighted by Crippen LogP contribution is -2.37. The molecular formula is C23H24N2O3S. The molecule has 2 aromatic carbocycles. The Kier molecular flexibility index (Phi) is 6.44. The zero-order valence-electron chi connectivity index (χ0n) is 17.0. The van der Waals surface area contributed by atoms with Gasteiger partial charge in [-0.25, -0.2) is 4.98 Å². The first-order valence-electron chi connectivity index (χ1n) is 9.39. The normalized spacial score (nSPS) is 11.7. The predicted molar refractivity (Wildman–Crippen MR) is 115 cm³/mol. The Morgan fingerprint density at radius 2 is 1.76 bits per heavy atom. The first-order chi connectivity index (χ1) is 13.8. The number of rotatable bonds is 7. The number of carbonyl (C=O) groups excluding carboxylic acids is 2. The van der Waals surface area contributed by atoms with E-state index in [4.69, 9.17) is 4.74 Å². The maximum Gasteiger partial charge on any atom is 0.263 e. The van der Waals surface area contributed by atoms with Crippen LogP contribution in [0.4, 0.5) is 0 Å². The smallest absolute Gasteiger partial charge is 0.263 e. The number of hydrogen-bond acceptors (Lipinski definition) is 5. The molecule has 1 aromatic heterocycles. The lowest BCUT2D eigenvalue weighted by molar-refractivity contribution is -0.137. The molecule has 3 rings (SSSR count). The molecule has 0 fully saturated rings. The number of thiazole rings is 1. The molecular weight excluding hydrogens is 384 g/mol. The Morgan fingerprint density at radius 1 is 1.10 bits per heavy atom. The van der Waals surface area contributed by atoms with E-state index < -0.39 is 6.10 Å². The fourth-order valence-corrected chi connectivity index (χ4v) is 3.99. The van der Waals surface area contributed by atoms with E-state index in [1.54, 1.807) is 25.8 Å². The second-order valence-corrected chi connectivity index (χ2v) is 7.95. The van der Waals surface area contributed by atoms with Gasteiger partial charge in [-0.1, -0.05) is 30.3 Å². The molecule has 0 N–H and O–H groups in total. The molecule has 3 aromatic rings. The topological polar surface area (TPSA) is 59.5 Å². The van der Waals surface area contributed by atoms with Gasteiger partial charge in [0.1, 0.15) is 10.8 Å². The number of hydrogen-bond donors (Lipinski definition) is 0. The van der Waals surface area contributed by atoms with Gasteiger partial charge < -0.3 is 9.64 Å². The second-order valence-electron chi connectivity index (χ2n) is 6.95. The van der Waals surface area contributed by atoms with Gasteiger partial charge in [0.05, 0.1) is 10.6 Å². The maximum absolute atomic E-state index is 12.6. The minimum atomic E-state index is -0.596. The fourth-order valence-electron chi connectivity index (χ4n) is 3.02. The van der Waals surface area contributed by atoms with Gasteiger partial charge in [-0.15, -0.1) is 11.3 Å². The summed E-state index contributed by atoms with van der Waals surface area (Å²) in [7, 11) is 1.77. The summed E-state index contributed by atoms with van der Waals surface area (Å²) < 4.78 is 5.83. The maximum atomic E-state index is 12.6.